The number of hydrogen-bond donors (Lipinski definition) is 1. The van der Waals surface area contributed by atoms with Crippen molar-refractivity contribution >= 4 is 29.6 Å². The second-order valence-electron chi connectivity index (χ2n) is 6.18. The molecular formula is C19H21ClN2O3. The number of carbonyl (C=O) groups excluding carboxylic acids is 2. The van der Waals surface area contributed by atoms with Crippen molar-refractivity contribution in [2.75, 3.05) is 0 Å². The number of amides is 1. The molecule has 2 rings (SSSR count). The quantitative estimate of drug-likeness (QED) is 0.642. The van der Waals surface area contributed by atoms with Crippen LogP contribution in [0.2, 0.25) is 5.02 Å². The number of hydrogen-bond acceptors (Lipinski definition) is 4. The van der Waals surface area contributed by atoms with Crippen LogP contribution >= 0.6 is 11.6 Å². The van der Waals surface area contributed by atoms with Gasteiger partial charge < -0.3 is 10.1 Å². The summed E-state index contributed by atoms with van der Waals surface area (Å²) < 4.78 is 5.11. The van der Waals surface area contributed by atoms with E-state index in [0.29, 0.717) is 23.4 Å². The van der Waals surface area contributed by atoms with E-state index in [-0.39, 0.29) is 0 Å². The van der Waals surface area contributed by atoms with Gasteiger partial charge in [0.1, 0.15) is 5.54 Å². The number of nitrogens with one attached hydrogen (secondary N) is 1. The van der Waals surface area contributed by atoms with Gasteiger partial charge in [-0.2, -0.15) is 5.26 Å². The largest absolute Gasteiger partial charge is 0.449 e. The molecule has 1 saturated carbocycles. The van der Waals surface area contributed by atoms with Crippen molar-refractivity contribution in [3.05, 3.63) is 40.9 Å². The second kappa shape index (κ2) is 8.68. The molecule has 1 amide bonds. The van der Waals surface area contributed by atoms with Gasteiger partial charge in [0.15, 0.2) is 6.10 Å². The lowest BCUT2D eigenvalue weighted by molar-refractivity contribution is -0.150. The fourth-order valence-corrected chi connectivity index (χ4v) is 2.99. The average Bonchev–Trinajstić information content (AvgIpc) is 2.61. The zero-order valence-electron chi connectivity index (χ0n) is 14.1. The van der Waals surface area contributed by atoms with Crippen LogP contribution in [0, 0.1) is 11.3 Å². The van der Waals surface area contributed by atoms with Crippen LogP contribution in [0.25, 0.3) is 6.08 Å². The Morgan fingerprint density at radius 1 is 1.32 bits per heavy atom. The number of nitriles is 1. The number of ether oxygens (including phenoxy) is 1. The molecule has 0 spiro atoms. The number of benzene rings is 1. The van der Waals surface area contributed by atoms with Crippen molar-refractivity contribution in [2.24, 2.45) is 0 Å². The fourth-order valence-electron chi connectivity index (χ4n) is 2.79. The van der Waals surface area contributed by atoms with Crippen LogP contribution in [0.3, 0.4) is 0 Å². The molecule has 1 fully saturated rings. The predicted molar refractivity (Wildman–Crippen MR) is 95.6 cm³/mol. The molecule has 0 saturated heterocycles. The Morgan fingerprint density at radius 3 is 2.64 bits per heavy atom. The van der Waals surface area contributed by atoms with E-state index in [1.807, 2.05) is 0 Å². The van der Waals surface area contributed by atoms with Gasteiger partial charge in [-0.05, 0) is 37.5 Å². The first-order valence-electron chi connectivity index (χ1n) is 8.32. The van der Waals surface area contributed by atoms with E-state index in [0.717, 1.165) is 19.3 Å². The lowest BCUT2D eigenvalue weighted by Crippen LogP contribution is -2.52. The Kier molecular flexibility index (Phi) is 6.60. The zero-order valence-corrected chi connectivity index (χ0v) is 14.9. The molecule has 1 N–H and O–H groups in total. The topological polar surface area (TPSA) is 79.2 Å². The van der Waals surface area contributed by atoms with Crippen LogP contribution in [0.4, 0.5) is 0 Å². The van der Waals surface area contributed by atoms with E-state index in [2.05, 4.69) is 11.4 Å². The summed E-state index contributed by atoms with van der Waals surface area (Å²) in [6, 6.07) is 9.29. The summed E-state index contributed by atoms with van der Waals surface area (Å²) in [6.45, 7) is 1.49. The first kappa shape index (κ1) is 19.0. The van der Waals surface area contributed by atoms with E-state index >= 15 is 0 Å². The molecule has 0 heterocycles. The Hall–Kier alpha value is -2.32. The lowest BCUT2D eigenvalue weighted by Gasteiger charge is -2.32. The van der Waals surface area contributed by atoms with Crippen molar-refractivity contribution in [2.45, 2.75) is 50.7 Å². The van der Waals surface area contributed by atoms with Crippen LogP contribution < -0.4 is 5.32 Å². The van der Waals surface area contributed by atoms with Crippen molar-refractivity contribution in [1.82, 2.24) is 5.32 Å². The van der Waals surface area contributed by atoms with Crippen LogP contribution in [-0.4, -0.2) is 23.5 Å². The number of rotatable bonds is 5. The van der Waals surface area contributed by atoms with Gasteiger partial charge in [0.25, 0.3) is 5.91 Å². The number of nitrogens with zero attached hydrogens (tertiary/aromatic N) is 1. The first-order valence-corrected chi connectivity index (χ1v) is 8.70. The molecule has 25 heavy (non-hydrogen) atoms. The third kappa shape index (κ3) is 5.33. The minimum atomic E-state index is -0.976. The highest BCUT2D eigenvalue weighted by molar-refractivity contribution is 6.32. The lowest BCUT2D eigenvalue weighted by atomic mass is 9.83. The number of halogens is 1. The molecule has 0 radical (unpaired) electrons. The van der Waals surface area contributed by atoms with Gasteiger partial charge in [-0.3, -0.25) is 4.79 Å². The average molecular weight is 361 g/mol. The smallest absolute Gasteiger partial charge is 0.331 e. The molecular weight excluding hydrogens is 340 g/mol. The Labute approximate surface area is 152 Å². The maximum absolute atomic E-state index is 12.3. The summed E-state index contributed by atoms with van der Waals surface area (Å²) in [5.74, 6) is -1.10. The van der Waals surface area contributed by atoms with Crippen molar-refractivity contribution in [3.63, 3.8) is 0 Å². The fraction of sp³-hybridized carbons (Fsp3) is 0.421. The molecule has 0 aliphatic heterocycles. The molecule has 1 aromatic carbocycles. The highest BCUT2D eigenvalue weighted by atomic mass is 35.5. The van der Waals surface area contributed by atoms with Crippen LogP contribution in [0.15, 0.2) is 30.3 Å². The number of carbonyl (C=O) groups is 2. The molecule has 0 bridgehead atoms. The standard InChI is InChI=1S/C19H21ClN2O3/c1-14(18(24)22-19(13-21)11-5-2-6-12-19)25-17(23)10-9-15-7-3-4-8-16(15)20/h3-4,7-10,14H,2,5-6,11-12H2,1H3,(H,22,24)/b10-9+/t14-/m1/s1. The third-order valence-electron chi connectivity index (χ3n) is 4.25. The molecule has 6 heteroatoms. The summed E-state index contributed by atoms with van der Waals surface area (Å²) in [7, 11) is 0. The highest BCUT2D eigenvalue weighted by Crippen LogP contribution is 2.27. The molecule has 5 nitrogen and oxygen atoms in total. The Morgan fingerprint density at radius 2 is 2.00 bits per heavy atom. The summed E-state index contributed by atoms with van der Waals surface area (Å²) >= 11 is 6.01. The van der Waals surface area contributed by atoms with Gasteiger partial charge >= 0.3 is 5.97 Å². The van der Waals surface area contributed by atoms with Crippen molar-refractivity contribution in [1.29, 1.82) is 5.26 Å². The Bertz CT molecular complexity index is 703. The van der Waals surface area contributed by atoms with Crippen molar-refractivity contribution in [3.8, 4) is 6.07 Å². The monoisotopic (exact) mass is 360 g/mol. The van der Waals surface area contributed by atoms with Gasteiger partial charge in [-0.25, -0.2) is 4.79 Å². The SMILES string of the molecule is C[C@@H](OC(=O)/C=C/c1ccccc1Cl)C(=O)NC1(C#N)CCCCC1. The van der Waals surface area contributed by atoms with Crippen molar-refractivity contribution < 1.29 is 14.3 Å². The van der Waals surface area contributed by atoms with E-state index in [1.165, 1.54) is 19.1 Å². The molecule has 1 aromatic rings. The van der Waals surface area contributed by atoms with Gasteiger partial charge in [0.2, 0.25) is 0 Å². The Balaban J connectivity index is 1.91. The predicted octanol–water partition coefficient (Wildman–Crippen LogP) is 3.63. The van der Waals surface area contributed by atoms with Gasteiger partial charge in [-0.1, -0.05) is 49.1 Å². The summed E-state index contributed by atoms with van der Waals surface area (Å²) in [4.78, 5) is 24.1. The minimum Gasteiger partial charge on any atom is -0.449 e. The van der Waals surface area contributed by atoms with E-state index < -0.39 is 23.5 Å². The summed E-state index contributed by atoms with van der Waals surface area (Å²) in [5, 5.41) is 12.7. The molecule has 1 atom stereocenters. The van der Waals surface area contributed by atoms with E-state index in [1.54, 1.807) is 24.3 Å². The van der Waals surface area contributed by atoms with Crippen LogP contribution in [0.1, 0.15) is 44.6 Å². The van der Waals surface area contributed by atoms with Gasteiger partial charge in [-0.15, -0.1) is 0 Å². The first-order chi connectivity index (χ1) is 12.0. The maximum atomic E-state index is 12.3. The molecule has 1 aliphatic rings. The maximum Gasteiger partial charge on any atom is 0.331 e. The van der Waals surface area contributed by atoms with Crippen LogP contribution in [0.5, 0.6) is 0 Å². The van der Waals surface area contributed by atoms with E-state index in [4.69, 9.17) is 16.3 Å². The zero-order chi connectivity index (χ0) is 18.3. The third-order valence-corrected chi connectivity index (χ3v) is 4.59. The summed E-state index contributed by atoms with van der Waals surface area (Å²) in [5.41, 5.74) is -0.160. The van der Waals surface area contributed by atoms with Gasteiger partial charge in [0.05, 0.1) is 6.07 Å². The molecule has 1 aliphatic carbocycles. The van der Waals surface area contributed by atoms with Gasteiger partial charge in [0, 0.05) is 11.1 Å². The molecule has 0 aromatic heterocycles. The van der Waals surface area contributed by atoms with Crippen LogP contribution in [-0.2, 0) is 14.3 Å². The number of esters is 1. The normalized spacial score (nSPS) is 17.5. The summed E-state index contributed by atoms with van der Waals surface area (Å²) in [6.07, 6.45) is 5.92. The molecule has 132 valence electrons. The van der Waals surface area contributed by atoms with E-state index in [9.17, 15) is 14.9 Å². The highest BCUT2D eigenvalue weighted by Gasteiger charge is 2.35. The molecule has 0 unspecified atom stereocenters. The second-order valence-corrected chi connectivity index (χ2v) is 6.58. The minimum absolute atomic E-state index is 0.456.